The molecule has 2 N–H and O–H groups in total. The Bertz CT molecular complexity index is 376. The summed E-state index contributed by atoms with van der Waals surface area (Å²) in [5, 5.41) is 11.7. The van der Waals surface area contributed by atoms with Crippen molar-refractivity contribution < 1.29 is 14.3 Å². The second kappa shape index (κ2) is 4.48. The molecule has 7 heteroatoms. The fraction of sp³-hybridized carbons (Fsp3) is 0.375. The standard InChI is InChI=1S/C8H7Br2NO3S/c9-3-1-5(14-6(3)10)7-11-4(2-15-7)8(12)13/h1,4,7,11H,2H2,(H,12,13)/t4-,7?/m1/s1. The van der Waals surface area contributed by atoms with Crippen LogP contribution < -0.4 is 5.32 Å². The molecule has 1 aliphatic heterocycles. The van der Waals surface area contributed by atoms with Crippen LogP contribution >= 0.6 is 43.6 Å². The molecule has 2 rings (SSSR count). The number of rotatable bonds is 2. The number of carbonyl (C=O) groups is 1. The fourth-order valence-electron chi connectivity index (χ4n) is 1.27. The Morgan fingerprint density at radius 2 is 2.40 bits per heavy atom. The van der Waals surface area contributed by atoms with Gasteiger partial charge in [-0.3, -0.25) is 10.1 Å². The number of carboxylic acids is 1. The molecule has 1 aromatic heterocycles. The van der Waals surface area contributed by atoms with Crippen LogP contribution in [0.1, 0.15) is 11.1 Å². The zero-order chi connectivity index (χ0) is 11.0. The number of hydrogen-bond acceptors (Lipinski definition) is 4. The molecule has 0 saturated carbocycles. The van der Waals surface area contributed by atoms with Crippen molar-refractivity contribution in [1.82, 2.24) is 5.32 Å². The molecule has 0 bridgehead atoms. The molecule has 15 heavy (non-hydrogen) atoms. The molecule has 2 atom stereocenters. The van der Waals surface area contributed by atoms with E-state index in [-0.39, 0.29) is 5.37 Å². The summed E-state index contributed by atoms with van der Waals surface area (Å²) in [5.41, 5.74) is 0. The Labute approximate surface area is 107 Å². The van der Waals surface area contributed by atoms with E-state index in [4.69, 9.17) is 9.52 Å². The Balaban J connectivity index is 2.11. The maximum absolute atomic E-state index is 10.7. The van der Waals surface area contributed by atoms with E-state index in [0.29, 0.717) is 10.4 Å². The van der Waals surface area contributed by atoms with E-state index >= 15 is 0 Å². The molecular weight excluding hydrogens is 350 g/mol. The summed E-state index contributed by atoms with van der Waals surface area (Å²) in [4.78, 5) is 10.7. The first-order valence-corrected chi connectivity index (χ1v) is 6.76. The predicted molar refractivity (Wildman–Crippen MR) is 63.9 cm³/mol. The van der Waals surface area contributed by atoms with E-state index in [0.717, 1.165) is 10.2 Å². The van der Waals surface area contributed by atoms with Crippen LogP contribution in [0.3, 0.4) is 0 Å². The third-order valence-corrected chi connectivity index (χ3v) is 4.94. The van der Waals surface area contributed by atoms with Gasteiger partial charge in [0.25, 0.3) is 0 Å². The lowest BCUT2D eigenvalue weighted by Gasteiger charge is -2.06. The number of furan rings is 1. The van der Waals surface area contributed by atoms with E-state index in [1.165, 1.54) is 11.8 Å². The van der Waals surface area contributed by atoms with Crippen molar-refractivity contribution in [2.45, 2.75) is 11.4 Å². The summed E-state index contributed by atoms with van der Waals surface area (Å²) in [6.07, 6.45) is 0. The second-order valence-corrected chi connectivity index (χ2v) is 5.75. The van der Waals surface area contributed by atoms with Crippen molar-refractivity contribution in [3.8, 4) is 0 Å². The highest BCUT2D eigenvalue weighted by molar-refractivity contribution is 9.13. The van der Waals surface area contributed by atoms with E-state index in [1.54, 1.807) is 0 Å². The summed E-state index contributed by atoms with van der Waals surface area (Å²) in [6.45, 7) is 0. The van der Waals surface area contributed by atoms with Crippen molar-refractivity contribution in [2.75, 3.05) is 5.75 Å². The quantitative estimate of drug-likeness (QED) is 0.852. The Morgan fingerprint density at radius 3 is 2.87 bits per heavy atom. The molecule has 1 aliphatic rings. The van der Waals surface area contributed by atoms with Crippen molar-refractivity contribution in [3.63, 3.8) is 0 Å². The minimum absolute atomic E-state index is 0.0892. The average molecular weight is 357 g/mol. The van der Waals surface area contributed by atoms with Crippen molar-refractivity contribution in [2.24, 2.45) is 0 Å². The van der Waals surface area contributed by atoms with Crippen molar-refractivity contribution in [3.05, 3.63) is 21.0 Å². The van der Waals surface area contributed by atoms with Crippen LogP contribution in [0.2, 0.25) is 0 Å². The summed E-state index contributed by atoms with van der Waals surface area (Å²) in [6, 6.07) is 1.33. The molecule has 4 nitrogen and oxygen atoms in total. The van der Waals surface area contributed by atoms with Crippen molar-refractivity contribution >= 4 is 49.6 Å². The highest BCUT2D eigenvalue weighted by atomic mass is 79.9. The smallest absolute Gasteiger partial charge is 0.321 e. The monoisotopic (exact) mass is 355 g/mol. The molecule has 1 saturated heterocycles. The summed E-state index contributed by atoms with van der Waals surface area (Å²) < 4.78 is 6.88. The van der Waals surface area contributed by atoms with E-state index in [9.17, 15) is 4.79 Å². The molecule has 0 amide bonds. The molecule has 1 fully saturated rings. The van der Waals surface area contributed by atoms with Crippen LogP contribution in [-0.4, -0.2) is 22.9 Å². The zero-order valence-corrected chi connectivity index (χ0v) is 11.4. The molecule has 0 aromatic carbocycles. The number of carboxylic acid groups (broad SMARTS) is 1. The molecule has 2 heterocycles. The van der Waals surface area contributed by atoms with Gasteiger partial charge in [0.15, 0.2) is 4.67 Å². The Hall–Kier alpha value is 0.0200. The minimum Gasteiger partial charge on any atom is -0.480 e. The largest absolute Gasteiger partial charge is 0.480 e. The Morgan fingerprint density at radius 1 is 1.67 bits per heavy atom. The molecule has 1 unspecified atom stereocenters. The first-order valence-electron chi connectivity index (χ1n) is 4.13. The normalized spacial score (nSPS) is 25.7. The van der Waals surface area contributed by atoms with Crippen LogP contribution in [0.25, 0.3) is 0 Å². The highest BCUT2D eigenvalue weighted by Gasteiger charge is 2.32. The van der Waals surface area contributed by atoms with E-state index < -0.39 is 12.0 Å². The summed E-state index contributed by atoms with van der Waals surface area (Å²) in [7, 11) is 0. The topological polar surface area (TPSA) is 62.5 Å². The summed E-state index contributed by atoms with van der Waals surface area (Å²) >= 11 is 8.08. The van der Waals surface area contributed by atoms with Gasteiger partial charge in [0, 0.05) is 5.75 Å². The van der Waals surface area contributed by atoms with Crippen molar-refractivity contribution in [1.29, 1.82) is 0 Å². The summed E-state index contributed by atoms with van der Waals surface area (Å²) in [5.74, 6) is 0.452. The Kier molecular flexibility index (Phi) is 3.44. The maximum atomic E-state index is 10.7. The van der Waals surface area contributed by atoms with Gasteiger partial charge < -0.3 is 9.52 Å². The second-order valence-electron chi connectivity index (χ2n) is 3.04. The van der Waals surface area contributed by atoms with Gasteiger partial charge in [-0.05, 0) is 37.9 Å². The van der Waals surface area contributed by atoms with E-state index in [2.05, 4.69) is 37.2 Å². The van der Waals surface area contributed by atoms with Crippen LogP contribution in [0.15, 0.2) is 19.6 Å². The van der Waals surface area contributed by atoms with Crippen LogP contribution in [-0.2, 0) is 4.79 Å². The van der Waals surface area contributed by atoms with Crippen LogP contribution in [0, 0.1) is 0 Å². The molecule has 82 valence electrons. The first-order chi connectivity index (χ1) is 7.08. The third kappa shape index (κ3) is 2.41. The molecule has 0 aliphatic carbocycles. The first kappa shape index (κ1) is 11.5. The van der Waals surface area contributed by atoms with Gasteiger partial charge in [-0.2, -0.15) is 0 Å². The van der Waals surface area contributed by atoms with Crippen LogP contribution in [0.4, 0.5) is 0 Å². The third-order valence-electron chi connectivity index (χ3n) is 2.00. The van der Waals surface area contributed by atoms with Gasteiger partial charge in [-0.25, -0.2) is 0 Å². The van der Waals surface area contributed by atoms with Gasteiger partial charge in [0.1, 0.15) is 17.2 Å². The highest BCUT2D eigenvalue weighted by Crippen LogP contribution is 2.37. The number of aliphatic carboxylic acids is 1. The minimum atomic E-state index is -0.824. The average Bonchev–Trinajstić information content (AvgIpc) is 2.74. The van der Waals surface area contributed by atoms with E-state index in [1.807, 2.05) is 6.07 Å². The predicted octanol–water partition coefficient (Wildman–Crippen LogP) is 2.59. The lowest BCUT2D eigenvalue weighted by molar-refractivity contribution is -0.138. The molecule has 1 aromatic rings. The lowest BCUT2D eigenvalue weighted by Crippen LogP contribution is -2.33. The number of halogens is 2. The number of nitrogens with one attached hydrogen (secondary N) is 1. The van der Waals surface area contributed by atoms with Crippen LogP contribution in [0.5, 0.6) is 0 Å². The number of thioether (sulfide) groups is 1. The zero-order valence-electron chi connectivity index (χ0n) is 7.37. The van der Waals surface area contributed by atoms with Gasteiger partial charge >= 0.3 is 5.97 Å². The van der Waals surface area contributed by atoms with Gasteiger partial charge in [-0.1, -0.05) is 0 Å². The fourth-order valence-corrected chi connectivity index (χ4v) is 3.04. The van der Waals surface area contributed by atoms with Gasteiger partial charge in [0.2, 0.25) is 0 Å². The number of hydrogen-bond donors (Lipinski definition) is 2. The molecule has 0 radical (unpaired) electrons. The SMILES string of the molecule is O=C(O)[C@H]1CSC(c2cc(Br)c(Br)o2)N1. The molecule has 0 spiro atoms. The maximum Gasteiger partial charge on any atom is 0.321 e. The van der Waals surface area contributed by atoms with Gasteiger partial charge in [0.05, 0.1) is 4.47 Å². The van der Waals surface area contributed by atoms with Gasteiger partial charge in [-0.15, -0.1) is 11.8 Å². The lowest BCUT2D eigenvalue weighted by atomic mass is 10.3. The molecular formula is C8H7Br2NO3S.